The van der Waals surface area contributed by atoms with Gasteiger partial charge < -0.3 is 9.84 Å². The molecule has 0 radical (unpaired) electrons. The van der Waals surface area contributed by atoms with E-state index in [1.165, 1.54) is 4.90 Å². The van der Waals surface area contributed by atoms with Crippen LogP contribution in [0.25, 0.3) is 0 Å². The molecule has 2 amide bonds. The Morgan fingerprint density at radius 2 is 1.88 bits per heavy atom. The number of rotatable bonds is 7. The number of Topliss-reactive ketones (excluding diaryl/α,β-unsaturated/α-hetero) is 1. The summed E-state index contributed by atoms with van der Waals surface area (Å²) in [5, 5.41) is 10.2. The van der Waals surface area contributed by atoms with Gasteiger partial charge in [-0.05, 0) is 37.1 Å². The molecule has 1 aromatic carbocycles. The van der Waals surface area contributed by atoms with E-state index in [0.29, 0.717) is 17.7 Å². The molecule has 0 bridgehead atoms. The van der Waals surface area contributed by atoms with E-state index in [4.69, 9.17) is 4.74 Å². The number of β-amino-alcohol motifs (C(OH)–C–C–N with tert-alkyl or cyclic N) is 1. The van der Waals surface area contributed by atoms with E-state index in [1.807, 2.05) is 0 Å². The van der Waals surface area contributed by atoms with Gasteiger partial charge in [0.05, 0.1) is 12.0 Å². The number of carbonyl (C=O) groups excluding carboxylic acids is 3. The molecule has 1 atom stereocenters. The van der Waals surface area contributed by atoms with Gasteiger partial charge in [-0.15, -0.1) is 0 Å². The smallest absolute Gasteiger partial charge is 0.235 e. The fraction of sp³-hybridized carbons (Fsp3) is 0.550. The first-order valence-corrected chi connectivity index (χ1v) is 9.24. The van der Waals surface area contributed by atoms with Crippen LogP contribution < -0.4 is 4.74 Å². The molecule has 1 saturated heterocycles. The molecule has 1 aromatic rings. The van der Waals surface area contributed by atoms with Crippen LogP contribution in [0.4, 0.5) is 0 Å². The largest absolute Gasteiger partial charge is 0.491 e. The number of ether oxygens (including phenoxy) is 1. The van der Waals surface area contributed by atoms with Gasteiger partial charge in [0.15, 0.2) is 5.78 Å². The third-order valence-electron chi connectivity index (χ3n) is 5.38. The second-order valence-corrected chi connectivity index (χ2v) is 7.24. The third kappa shape index (κ3) is 3.65. The molecular weight excluding hydrogens is 334 g/mol. The molecule has 26 heavy (non-hydrogen) atoms. The molecule has 1 heterocycles. The van der Waals surface area contributed by atoms with Crippen molar-refractivity contribution in [2.75, 3.05) is 13.2 Å². The molecule has 3 rings (SSSR count). The minimum absolute atomic E-state index is 0.0227. The minimum Gasteiger partial charge on any atom is -0.491 e. The Kier molecular flexibility index (Phi) is 5.41. The maximum atomic E-state index is 12.6. The number of amides is 2. The molecule has 1 saturated carbocycles. The van der Waals surface area contributed by atoms with E-state index in [9.17, 15) is 19.5 Å². The molecule has 1 spiro atoms. The summed E-state index contributed by atoms with van der Waals surface area (Å²) in [5.74, 6) is 0.256. The summed E-state index contributed by atoms with van der Waals surface area (Å²) >= 11 is 0. The number of benzene rings is 1. The van der Waals surface area contributed by atoms with E-state index in [0.717, 1.165) is 25.7 Å². The van der Waals surface area contributed by atoms with Crippen molar-refractivity contribution in [3.63, 3.8) is 0 Å². The van der Waals surface area contributed by atoms with Gasteiger partial charge in [-0.2, -0.15) is 0 Å². The Morgan fingerprint density at radius 3 is 2.50 bits per heavy atom. The Bertz CT molecular complexity index is 691. The number of nitrogens with zero attached hydrogens (tertiary/aromatic N) is 1. The molecule has 6 nitrogen and oxygen atoms in total. The molecular formula is C20H25NO5. The van der Waals surface area contributed by atoms with Crippen molar-refractivity contribution in [2.24, 2.45) is 5.41 Å². The lowest BCUT2D eigenvalue weighted by molar-refractivity contribution is -0.143. The van der Waals surface area contributed by atoms with Crippen molar-refractivity contribution in [3.05, 3.63) is 29.8 Å². The summed E-state index contributed by atoms with van der Waals surface area (Å²) in [5.41, 5.74) is 0.106. The lowest BCUT2D eigenvalue weighted by atomic mass is 9.84. The van der Waals surface area contributed by atoms with Gasteiger partial charge in [-0.3, -0.25) is 19.3 Å². The Balaban J connectivity index is 1.53. The zero-order valence-corrected chi connectivity index (χ0v) is 15.1. The summed E-state index contributed by atoms with van der Waals surface area (Å²) in [6, 6.07) is 6.72. The van der Waals surface area contributed by atoms with E-state index in [2.05, 4.69) is 0 Å². The predicted molar refractivity (Wildman–Crippen MR) is 94.8 cm³/mol. The molecule has 0 aromatic heterocycles. The highest BCUT2D eigenvalue weighted by atomic mass is 16.5. The van der Waals surface area contributed by atoms with Gasteiger partial charge in [0.2, 0.25) is 11.8 Å². The van der Waals surface area contributed by atoms with Gasteiger partial charge in [0, 0.05) is 18.4 Å². The van der Waals surface area contributed by atoms with Crippen LogP contribution in [0, 0.1) is 5.41 Å². The topological polar surface area (TPSA) is 83.9 Å². The van der Waals surface area contributed by atoms with E-state index < -0.39 is 11.5 Å². The predicted octanol–water partition coefficient (Wildman–Crippen LogP) is 2.34. The van der Waals surface area contributed by atoms with Crippen LogP contribution in [0.15, 0.2) is 24.3 Å². The van der Waals surface area contributed by atoms with Crippen LogP contribution in [-0.2, 0) is 9.59 Å². The average molecular weight is 359 g/mol. The molecule has 0 unspecified atom stereocenters. The Labute approximate surface area is 153 Å². The highest BCUT2D eigenvalue weighted by molar-refractivity contribution is 6.06. The minimum atomic E-state index is -0.948. The molecule has 1 N–H and O–H groups in total. The normalized spacial score (nSPS) is 20.0. The summed E-state index contributed by atoms with van der Waals surface area (Å²) in [4.78, 5) is 37.6. The van der Waals surface area contributed by atoms with Gasteiger partial charge in [-0.1, -0.05) is 19.8 Å². The van der Waals surface area contributed by atoms with Crippen LogP contribution in [0.2, 0.25) is 0 Å². The molecule has 2 aliphatic rings. The SMILES string of the molecule is CCC(=O)c1ccc(OC[C@H](O)CN2C(=O)CC3(CCCC3)C2=O)cc1. The van der Waals surface area contributed by atoms with E-state index >= 15 is 0 Å². The van der Waals surface area contributed by atoms with Crippen molar-refractivity contribution in [1.29, 1.82) is 0 Å². The van der Waals surface area contributed by atoms with Crippen molar-refractivity contribution >= 4 is 17.6 Å². The zero-order valence-electron chi connectivity index (χ0n) is 15.1. The summed E-state index contributed by atoms with van der Waals surface area (Å²) in [6.07, 6.45) is 3.26. The Hall–Kier alpha value is -2.21. The van der Waals surface area contributed by atoms with Crippen LogP contribution in [0.1, 0.15) is 55.8 Å². The number of imide groups is 1. The molecule has 2 fully saturated rings. The van der Waals surface area contributed by atoms with Crippen LogP contribution in [0.3, 0.4) is 0 Å². The summed E-state index contributed by atoms with van der Waals surface area (Å²) < 4.78 is 5.52. The molecule has 1 aliphatic carbocycles. The van der Waals surface area contributed by atoms with E-state index in [-0.39, 0.29) is 37.2 Å². The number of hydrogen-bond donors (Lipinski definition) is 1. The Morgan fingerprint density at radius 1 is 1.23 bits per heavy atom. The van der Waals surface area contributed by atoms with Crippen LogP contribution >= 0.6 is 0 Å². The van der Waals surface area contributed by atoms with Gasteiger partial charge in [-0.25, -0.2) is 0 Å². The van der Waals surface area contributed by atoms with Crippen LogP contribution in [-0.4, -0.2) is 46.9 Å². The fourth-order valence-corrected chi connectivity index (χ4v) is 3.88. The number of aliphatic hydroxyl groups excluding tert-OH is 1. The second kappa shape index (κ2) is 7.58. The number of carbonyl (C=O) groups is 3. The first-order chi connectivity index (χ1) is 12.4. The summed E-state index contributed by atoms with van der Waals surface area (Å²) in [6.45, 7) is 1.75. The average Bonchev–Trinajstić information content (AvgIpc) is 3.20. The van der Waals surface area contributed by atoms with Gasteiger partial charge >= 0.3 is 0 Å². The standard InChI is InChI=1S/C20H25NO5/c1-2-17(23)14-5-7-16(8-6-14)26-13-15(22)12-21-18(24)11-20(19(21)25)9-3-4-10-20/h5-8,15,22H,2-4,9-13H2,1H3/t15-/m1/s1. The highest BCUT2D eigenvalue weighted by Gasteiger charge is 2.52. The second-order valence-electron chi connectivity index (χ2n) is 7.24. The third-order valence-corrected chi connectivity index (χ3v) is 5.38. The number of hydrogen-bond acceptors (Lipinski definition) is 5. The fourth-order valence-electron chi connectivity index (χ4n) is 3.88. The van der Waals surface area contributed by atoms with Crippen molar-refractivity contribution in [1.82, 2.24) is 4.90 Å². The lowest BCUT2D eigenvalue weighted by Crippen LogP contribution is -2.41. The number of likely N-dealkylation sites (tertiary alicyclic amines) is 1. The molecule has 140 valence electrons. The summed E-state index contributed by atoms with van der Waals surface area (Å²) in [7, 11) is 0. The van der Waals surface area contributed by atoms with Gasteiger partial charge in [0.25, 0.3) is 0 Å². The van der Waals surface area contributed by atoms with Crippen LogP contribution in [0.5, 0.6) is 5.75 Å². The van der Waals surface area contributed by atoms with E-state index in [1.54, 1.807) is 31.2 Å². The van der Waals surface area contributed by atoms with Crippen molar-refractivity contribution < 1.29 is 24.2 Å². The first kappa shape index (κ1) is 18.6. The monoisotopic (exact) mass is 359 g/mol. The first-order valence-electron chi connectivity index (χ1n) is 9.24. The zero-order chi connectivity index (χ0) is 18.7. The molecule has 1 aliphatic heterocycles. The maximum Gasteiger partial charge on any atom is 0.235 e. The number of aliphatic hydroxyl groups is 1. The number of ketones is 1. The van der Waals surface area contributed by atoms with Crippen molar-refractivity contribution in [3.8, 4) is 5.75 Å². The molecule has 6 heteroatoms. The lowest BCUT2D eigenvalue weighted by Gasteiger charge is -2.23. The quantitative estimate of drug-likeness (QED) is 0.597. The highest BCUT2D eigenvalue weighted by Crippen LogP contribution is 2.46. The van der Waals surface area contributed by atoms with Crippen molar-refractivity contribution in [2.45, 2.75) is 51.6 Å². The van der Waals surface area contributed by atoms with Gasteiger partial charge in [0.1, 0.15) is 18.5 Å². The maximum absolute atomic E-state index is 12.6.